The molecule has 0 aromatic carbocycles. The largest absolute Gasteiger partial charge is 0.466 e. The number of halogens is 1. The van der Waals surface area contributed by atoms with Crippen LogP contribution in [0.25, 0.3) is 0 Å². The summed E-state index contributed by atoms with van der Waals surface area (Å²) in [7, 11) is 0. The zero-order valence-corrected chi connectivity index (χ0v) is 15.4. The molecule has 4 rings (SSSR count). The molecule has 0 atom stereocenters. The summed E-state index contributed by atoms with van der Waals surface area (Å²) in [5.41, 5.74) is 0.692. The molecule has 0 radical (unpaired) electrons. The van der Waals surface area contributed by atoms with Crippen molar-refractivity contribution in [1.82, 2.24) is 25.0 Å². The second-order valence-corrected chi connectivity index (χ2v) is 6.70. The molecule has 136 valence electrons. The van der Waals surface area contributed by atoms with Gasteiger partial charge in [-0.1, -0.05) is 0 Å². The number of fused-ring (bicyclic) bond motifs is 1. The van der Waals surface area contributed by atoms with Crippen LogP contribution in [0.5, 0.6) is 0 Å². The molecule has 1 N–H and O–H groups in total. The number of carbonyl (C=O) groups is 1. The Morgan fingerprint density at radius 3 is 2.68 bits per heavy atom. The van der Waals surface area contributed by atoms with E-state index in [1.807, 2.05) is 24.8 Å². The maximum absolute atomic E-state index is 12.7. The maximum Gasteiger partial charge on any atom is 0.257 e. The lowest BCUT2D eigenvalue weighted by Crippen LogP contribution is -2.39. The molecule has 2 aromatic heterocycles. The molecule has 1 fully saturated rings. The van der Waals surface area contributed by atoms with E-state index in [0.29, 0.717) is 17.2 Å². The normalized spacial score (nSPS) is 17.9. The average Bonchev–Trinajstić information content (AvgIpc) is 3.17. The predicted molar refractivity (Wildman–Crippen MR) is 95.0 cm³/mol. The van der Waals surface area contributed by atoms with Crippen LogP contribution < -0.4 is 5.32 Å². The Labute approximate surface area is 153 Å². The van der Waals surface area contributed by atoms with Crippen molar-refractivity contribution >= 4 is 18.3 Å². The molecule has 4 heterocycles. The van der Waals surface area contributed by atoms with Crippen LogP contribution >= 0.6 is 12.4 Å². The number of hydrogen-bond acceptors (Lipinski definition) is 5. The van der Waals surface area contributed by atoms with Crippen LogP contribution in [0.3, 0.4) is 0 Å². The van der Waals surface area contributed by atoms with Crippen molar-refractivity contribution in [3.8, 4) is 0 Å². The minimum atomic E-state index is 0. The lowest BCUT2D eigenvalue weighted by molar-refractivity contribution is 0.0708. The Morgan fingerprint density at radius 2 is 2.00 bits per heavy atom. The Bertz CT molecular complexity index is 761. The predicted octanol–water partition coefficient (Wildman–Crippen LogP) is 2.03. The van der Waals surface area contributed by atoms with E-state index in [1.54, 1.807) is 0 Å². The molecule has 8 heteroatoms. The van der Waals surface area contributed by atoms with Crippen molar-refractivity contribution in [3.63, 3.8) is 0 Å². The highest BCUT2D eigenvalue weighted by Crippen LogP contribution is 2.29. The van der Waals surface area contributed by atoms with Crippen molar-refractivity contribution in [2.75, 3.05) is 19.6 Å². The van der Waals surface area contributed by atoms with Gasteiger partial charge in [-0.25, -0.2) is 0 Å². The van der Waals surface area contributed by atoms with Gasteiger partial charge in [-0.05, 0) is 32.8 Å². The number of piperidine rings is 1. The highest BCUT2D eigenvalue weighted by Gasteiger charge is 2.30. The van der Waals surface area contributed by atoms with E-state index in [0.717, 1.165) is 63.0 Å². The van der Waals surface area contributed by atoms with Crippen LogP contribution in [-0.4, -0.2) is 45.2 Å². The van der Waals surface area contributed by atoms with E-state index in [2.05, 4.69) is 20.1 Å². The zero-order valence-electron chi connectivity index (χ0n) is 14.6. The van der Waals surface area contributed by atoms with Gasteiger partial charge in [0.05, 0.1) is 12.1 Å². The molecule has 0 spiro atoms. The summed E-state index contributed by atoms with van der Waals surface area (Å²) in [4.78, 5) is 14.6. The zero-order chi connectivity index (χ0) is 16.7. The molecular formula is C17H24ClN5O2. The molecular weight excluding hydrogens is 342 g/mol. The second kappa shape index (κ2) is 7.17. The summed E-state index contributed by atoms with van der Waals surface area (Å²) in [6, 6.07) is 1.84. The first kappa shape index (κ1) is 17.9. The van der Waals surface area contributed by atoms with Gasteiger partial charge in [0.25, 0.3) is 5.91 Å². The minimum Gasteiger partial charge on any atom is -0.466 e. The first-order chi connectivity index (χ1) is 11.6. The highest BCUT2D eigenvalue weighted by molar-refractivity contribution is 5.95. The number of furan rings is 1. The van der Waals surface area contributed by atoms with E-state index in [1.165, 1.54) is 0 Å². The molecule has 2 aromatic rings. The van der Waals surface area contributed by atoms with Crippen LogP contribution in [0, 0.1) is 13.8 Å². The fourth-order valence-corrected chi connectivity index (χ4v) is 3.77. The van der Waals surface area contributed by atoms with Crippen molar-refractivity contribution in [3.05, 3.63) is 34.8 Å². The maximum atomic E-state index is 12.7. The summed E-state index contributed by atoms with van der Waals surface area (Å²) in [6.07, 6.45) is 1.88. The first-order valence-electron chi connectivity index (χ1n) is 8.62. The fraction of sp³-hybridized carbons (Fsp3) is 0.588. The summed E-state index contributed by atoms with van der Waals surface area (Å²) in [6.45, 7) is 7.94. The van der Waals surface area contributed by atoms with Crippen LogP contribution in [0.1, 0.15) is 52.3 Å². The Hall–Kier alpha value is -1.86. The lowest BCUT2D eigenvalue weighted by Gasteiger charge is -2.32. The van der Waals surface area contributed by atoms with Gasteiger partial charge in [0.2, 0.25) is 0 Å². The standard InChI is InChI=1S/C17H23N5O2.ClH/c1-11-9-14(12(2)24-11)17(23)21-6-3-13(4-7-21)16-20-19-15-10-18-5-8-22(15)16;/h9,13,18H,3-8,10H2,1-2H3;1H. The average molecular weight is 366 g/mol. The third-order valence-electron chi connectivity index (χ3n) is 5.07. The summed E-state index contributed by atoms with van der Waals surface area (Å²) >= 11 is 0. The van der Waals surface area contributed by atoms with Gasteiger partial charge < -0.3 is 19.2 Å². The van der Waals surface area contributed by atoms with Crippen molar-refractivity contribution in [1.29, 1.82) is 0 Å². The van der Waals surface area contributed by atoms with Crippen LogP contribution in [0.15, 0.2) is 10.5 Å². The number of aryl methyl sites for hydroxylation is 2. The smallest absolute Gasteiger partial charge is 0.257 e. The van der Waals surface area contributed by atoms with E-state index >= 15 is 0 Å². The SMILES string of the molecule is Cc1cc(C(=O)N2CCC(c3nnc4n3CCNC4)CC2)c(C)o1.Cl. The molecule has 2 aliphatic heterocycles. The highest BCUT2D eigenvalue weighted by atomic mass is 35.5. The molecule has 0 aliphatic carbocycles. The van der Waals surface area contributed by atoms with Crippen LogP contribution in [-0.2, 0) is 13.1 Å². The third kappa shape index (κ3) is 3.30. The number of carbonyl (C=O) groups excluding carboxylic acids is 1. The third-order valence-corrected chi connectivity index (χ3v) is 5.07. The summed E-state index contributed by atoms with van der Waals surface area (Å²) < 4.78 is 7.75. The second-order valence-electron chi connectivity index (χ2n) is 6.70. The van der Waals surface area contributed by atoms with E-state index in [4.69, 9.17) is 4.42 Å². The quantitative estimate of drug-likeness (QED) is 0.881. The van der Waals surface area contributed by atoms with Gasteiger partial charge in [0.15, 0.2) is 0 Å². The fourth-order valence-electron chi connectivity index (χ4n) is 3.77. The lowest BCUT2D eigenvalue weighted by atomic mass is 9.95. The number of rotatable bonds is 2. The van der Waals surface area contributed by atoms with Crippen molar-refractivity contribution < 1.29 is 9.21 Å². The first-order valence-corrected chi connectivity index (χ1v) is 8.62. The van der Waals surface area contributed by atoms with Gasteiger partial charge in [-0.15, -0.1) is 22.6 Å². The van der Waals surface area contributed by atoms with E-state index < -0.39 is 0 Å². The Morgan fingerprint density at radius 1 is 1.24 bits per heavy atom. The van der Waals surface area contributed by atoms with Gasteiger partial charge in [0, 0.05) is 32.1 Å². The molecule has 0 unspecified atom stereocenters. The number of likely N-dealkylation sites (tertiary alicyclic amines) is 1. The number of nitrogens with one attached hydrogen (secondary N) is 1. The van der Waals surface area contributed by atoms with E-state index in [9.17, 15) is 4.79 Å². The van der Waals surface area contributed by atoms with E-state index in [-0.39, 0.29) is 18.3 Å². The topological polar surface area (TPSA) is 76.2 Å². The molecule has 1 saturated heterocycles. The summed E-state index contributed by atoms with van der Waals surface area (Å²) in [5, 5.41) is 12.0. The number of aromatic nitrogens is 3. The molecule has 25 heavy (non-hydrogen) atoms. The van der Waals surface area contributed by atoms with Crippen molar-refractivity contribution in [2.45, 2.75) is 45.7 Å². The van der Waals surface area contributed by atoms with Gasteiger partial charge in [0.1, 0.15) is 23.2 Å². The number of hydrogen-bond donors (Lipinski definition) is 1. The minimum absolute atomic E-state index is 0. The Kier molecular flexibility index (Phi) is 5.15. The molecule has 0 bridgehead atoms. The molecule has 1 amide bonds. The van der Waals surface area contributed by atoms with Gasteiger partial charge >= 0.3 is 0 Å². The molecule has 2 aliphatic rings. The molecule has 0 saturated carbocycles. The number of amides is 1. The van der Waals surface area contributed by atoms with Crippen LogP contribution in [0.2, 0.25) is 0 Å². The van der Waals surface area contributed by atoms with Gasteiger partial charge in [-0.2, -0.15) is 0 Å². The van der Waals surface area contributed by atoms with Crippen LogP contribution in [0.4, 0.5) is 0 Å². The molecule has 7 nitrogen and oxygen atoms in total. The van der Waals surface area contributed by atoms with Gasteiger partial charge in [-0.3, -0.25) is 4.79 Å². The Balaban J connectivity index is 0.00000182. The monoisotopic (exact) mass is 365 g/mol. The summed E-state index contributed by atoms with van der Waals surface area (Å²) in [5.74, 6) is 4.08. The van der Waals surface area contributed by atoms with Crippen molar-refractivity contribution in [2.24, 2.45) is 0 Å². The number of nitrogens with zero attached hydrogens (tertiary/aromatic N) is 4.